The number of nitrogens with zero attached hydrogens (tertiary/aromatic N) is 1. The zero-order valence-corrected chi connectivity index (χ0v) is 34.2. The van der Waals surface area contributed by atoms with Gasteiger partial charge in [-0.2, -0.15) is 0 Å². The van der Waals surface area contributed by atoms with E-state index in [1.54, 1.807) is 0 Å². The van der Waals surface area contributed by atoms with Gasteiger partial charge in [-0.05, 0) is 151 Å². The maximum absolute atomic E-state index is 2.62. The molecule has 0 N–H and O–H groups in total. The molecule has 4 aliphatic rings. The highest BCUT2D eigenvalue weighted by atomic mass is 28.3. The summed E-state index contributed by atoms with van der Waals surface area (Å²) in [6.45, 7) is 4.51. The summed E-state index contributed by atoms with van der Waals surface area (Å²) < 4.78 is 0. The van der Waals surface area contributed by atoms with E-state index in [0.29, 0.717) is 0 Å². The van der Waals surface area contributed by atoms with Gasteiger partial charge in [-0.3, -0.25) is 0 Å². The lowest BCUT2D eigenvalue weighted by Crippen LogP contribution is -2.70. The van der Waals surface area contributed by atoms with Gasteiger partial charge in [-0.15, -0.1) is 0 Å². The third-order valence-corrected chi connectivity index (χ3v) is 19.3. The normalized spacial score (nSPS) is 15.7. The smallest absolute Gasteiger partial charge is 0.182 e. The van der Waals surface area contributed by atoms with Crippen LogP contribution in [0.3, 0.4) is 0 Å². The Labute approximate surface area is 343 Å². The summed E-state index contributed by atoms with van der Waals surface area (Å²) in [5, 5.41) is 6.04. The first kappa shape index (κ1) is 33.9. The van der Waals surface area contributed by atoms with Crippen LogP contribution < -0.4 is 25.6 Å². The van der Waals surface area contributed by atoms with Gasteiger partial charge in [0.25, 0.3) is 0 Å². The highest BCUT2D eigenvalue weighted by molar-refractivity contribution is 7.24. The summed E-state index contributed by atoms with van der Waals surface area (Å²) >= 11 is 0. The van der Waals surface area contributed by atoms with Crippen LogP contribution in [0, 0.1) is 13.8 Å². The number of hydrogen-bond acceptors (Lipinski definition) is 1. The quantitative estimate of drug-likeness (QED) is 0.162. The number of anilines is 3. The molecule has 278 valence electrons. The Morgan fingerprint density at radius 3 is 1.43 bits per heavy atom. The lowest BCUT2D eigenvalue weighted by atomic mass is 9.68. The minimum atomic E-state index is -2.62. The Morgan fingerprint density at radius 1 is 0.362 bits per heavy atom. The van der Waals surface area contributed by atoms with Crippen molar-refractivity contribution >= 4 is 45.9 Å². The second-order valence-corrected chi connectivity index (χ2v) is 20.8. The average molecular weight is 760 g/mol. The molecule has 0 atom stereocenters. The SMILES string of the molecule is Cc1ccccc1-c1ccc(N(c2ccc3c(c2)C2(CCCCC2)c2ccccc2-3)c2ccc3c(c2)[Si]2(c4ccccc4-c4ccccc42)c2ccccc2-3)cc1C. The van der Waals surface area contributed by atoms with Crippen molar-refractivity contribution in [2.75, 3.05) is 4.90 Å². The zero-order valence-electron chi connectivity index (χ0n) is 33.2. The van der Waals surface area contributed by atoms with Gasteiger partial charge in [0.2, 0.25) is 0 Å². The molecule has 0 saturated heterocycles. The molecule has 2 spiro atoms. The Kier molecular flexibility index (Phi) is 7.38. The van der Waals surface area contributed by atoms with Gasteiger partial charge in [0.05, 0.1) is 0 Å². The summed E-state index contributed by atoms with van der Waals surface area (Å²) in [6.07, 6.45) is 6.32. The summed E-state index contributed by atoms with van der Waals surface area (Å²) in [5.74, 6) is 0. The maximum atomic E-state index is 2.60. The lowest BCUT2D eigenvalue weighted by molar-refractivity contribution is 0.353. The van der Waals surface area contributed by atoms with Gasteiger partial charge in [-0.1, -0.05) is 159 Å². The summed E-state index contributed by atoms with van der Waals surface area (Å²) in [7, 11) is -2.62. The molecule has 2 aliphatic heterocycles. The molecule has 2 aliphatic carbocycles. The third-order valence-electron chi connectivity index (χ3n) is 14.4. The standard InChI is InChI=1S/C56H45NSi/c1-37-16-4-5-17-42(37)43-29-26-39(34-38(43)2)57(40-27-30-45-44-18-6-10-22-50(44)56(51(45)35-40)32-14-3-15-33-56)41-28-31-49-48-21-9-13-25-54(48)58(55(49)36-41)52-23-11-7-19-46(52)47-20-8-12-24-53(47)58/h4-13,16-31,34-36H,3,14-15,32-33H2,1-2H3. The van der Waals surface area contributed by atoms with Crippen LogP contribution in [0.5, 0.6) is 0 Å². The molecule has 0 radical (unpaired) electrons. The second kappa shape index (κ2) is 12.6. The molecule has 2 heteroatoms. The fourth-order valence-corrected chi connectivity index (χ4v) is 17.5. The van der Waals surface area contributed by atoms with E-state index < -0.39 is 8.07 Å². The van der Waals surface area contributed by atoms with Crippen molar-refractivity contribution in [3.63, 3.8) is 0 Å². The monoisotopic (exact) mass is 759 g/mol. The molecule has 8 aromatic carbocycles. The Bertz CT molecular complexity index is 2920. The molecule has 1 saturated carbocycles. The molecule has 12 rings (SSSR count). The van der Waals surface area contributed by atoms with E-state index in [0.717, 1.165) is 0 Å². The van der Waals surface area contributed by atoms with Crippen molar-refractivity contribution in [3.8, 4) is 44.5 Å². The third kappa shape index (κ3) is 4.53. The fraction of sp³-hybridized carbons (Fsp3) is 0.143. The number of aryl methyl sites for hydroxylation is 2. The summed E-state index contributed by atoms with van der Waals surface area (Å²) in [5.41, 5.74) is 20.4. The Balaban J connectivity index is 1.11. The molecule has 0 amide bonds. The van der Waals surface area contributed by atoms with Crippen molar-refractivity contribution in [2.24, 2.45) is 0 Å². The van der Waals surface area contributed by atoms with Crippen LogP contribution in [0.4, 0.5) is 17.1 Å². The molecule has 2 heterocycles. The minimum absolute atomic E-state index is 0.0737. The highest BCUT2D eigenvalue weighted by Crippen LogP contribution is 2.57. The van der Waals surface area contributed by atoms with E-state index in [9.17, 15) is 0 Å². The van der Waals surface area contributed by atoms with Gasteiger partial charge in [0, 0.05) is 22.5 Å². The van der Waals surface area contributed by atoms with Crippen LogP contribution in [0.1, 0.15) is 54.4 Å². The summed E-state index contributed by atoms with van der Waals surface area (Å²) in [4.78, 5) is 2.58. The molecule has 0 bridgehead atoms. The lowest BCUT2D eigenvalue weighted by Gasteiger charge is -2.37. The topological polar surface area (TPSA) is 3.24 Å². The van der Waals surface area contributed by atoms with Crippen LogP contribution in [0.25, 0.3) is 44.5 Å². The first-order valence-electron chi connectivity index (χ1n) is 21.2. The Morgan fingerprint density at radius 2 is 0.810 bits per heavy atom. The number of rotatable bonds is 4. The van der Waals surface area contributed by atoms with Crippen LogP contribution in [0.2, 0.25) is 0 Å². The number of fused-ring (bicyclic) bond motifs is 15. The molecule has 1 fully saturated rings. The van der Waals surface area contributed by atoms with Gasteiger partial charge in [0.1, 0.15) is 0 Å². The maximum Gasteiger partial charge on any atom is 0.182 e. The predicted octanol–water partition coefficient (Wildman–Crippen LogP) is 12.0. The van der Waals surface area contributed by atoms with E-state index in [1.807, 2.05) is 0 Å². The number of benzene rings is 8. The molecule has 1 nitrogen and oxygen atoms in total. The van der Waals surface area contributed by atoms with Gasteiger partial charge < -0.3 is 4.90 Å². The summed E-state index contributed by atoms with van der Waals surface area (Å²) in [6, 6.07) is 67.9. The van der Waals surface area contributed by atoms with Crippen molar-refractivity contribution in [3.05, 3.63) is 198 Å². The van der Waals surface area contributed by atoms with Crippen molar-refractivity contribution in [1.82, 2.24) is 0 Å². The molecule has 8 aromatic rings. The molecule has 0 unspecified atom stereocenters. The Hall–Kier alpha value is -6.22. The highest BCUT2D eigenvalue weighted by Gasteiger charge is 2.54. The predicted molar refractivity (Wildman–Crippen MR) is 247 cm³/mol. The molecule has 58 heavy (non-hydrogen) atoms. The second-order valence-electron chi connectivity index (χ2n) is 17.2. The largest absolute Gasteiger partial charge is 0.310 e. The van der Waals surface area contributed by atoms with Gasteiger partial charge >= 0.3 is 0 Å². The number of hydrogen-bond donors (Lipinski definition) is 0. The van der Waals surface area contributed by atoms with E-state index in [4.69, 9.17) is 0 Å². The van der Waals surface area contributed by atoms with E-state index in [2.05, 4.69) is 195 Å². The minimum Gasteiger partial charge on any atom is -0.310 e. The fourth-order valence-electron chi connectivity index (χ4n) is 11.9. The molecule has 0 aromatic heterocycles. The van der Waals surface area contributed by atoms with Crippen molar-refractivity contribution in [1.29, 1.82) is 0 Å². The average Bonchev–Trinajstić information content (AvgIpc) is 3.84. The molecular weight excluding hydrogens is 715 g/mol. The van der Waals surface area contributed by atoms with Crippen molar-refractivity contribution < 1.29 is 0 Å². The van der Waals surface area contributed by atoms with E-state index in [1.165, 1.54) is 137 Å². The zero-order chi connectivity index (χ0) is 38.6. The van der Waals surface area contributed by atoms with Crippen LogP contribution in [-0.2, 0) is 5.41 Å². The molecular formula is C56H45NSi. The van der Waals surface area contributed by atoms with Crippen LogP contribution >= 0.6 is 0 Å². The van der Waals surface area contributed by atoms with Crippen LogP contribution in [0.15, 0.2) is 176 Å². The van der Waals surface area contributed by atoms with Crippen LogP contribution in [-0.4, -0.2) is 8.07 Å². The van der Waals surface area contributed by atoms with E-state index in [-0.39, 0.29) is 5.41 Å². The van der Waals surface area contributed by atoms with Gasteiger partial charge in [0.15, 0.2) is 8.07 Å². The first-order chi connectivity index (χ1) is 28.6. The van der Waals surface area contributed by atoms with E-state index >= 15 is 0 Å². The first-order valence-corrected chi connectivity index (χ1v) is 23.2. The van der Waals surface area contributed by atoms with Crippen molar-refractivity contribution in [2.45, 2.75) is 51.4 Å². The van der Waals surface area contributed by atoms with Gasteiger partial charge in [-0.25, -0.2) is 0 Å².